The third-order valence-electron chi connectivity index (χ3n) is 2.84. The van der Waals surface area contributed by atoms with E-state index in [-0.39, 0.29) is 11.3 Å². The smallest absolute Gasteiger partial charge is 0.275 e. The molecule has 2 aromatic rings. The Kier molecular flexibility index (Phi) is 4.74. The van der Waals surface area contributed by atoms with Gasteiger partial charge in [-0.2, -0.15) is 21.6 Å². The second-order valence-corrected chi connectivity index (χ2v) is 6.20. The van der Waals surface area contributed by atoms with E-state index in [4.69, 9.17) is 0 Å². The lowest BCUT2D eigenvalue weighted by molar-refractivity contribution is -0.0429. The predicted molar refractivity (Wildman–Crippen MR) is 80.4 cm³/mol. The van der Waals surface area contributed by atoms with Gasteiger partial charge in [0.05, 0.1) is 5.69 Å². The summed E-state index contributed by atoms with van der Waals surface area (Å²) in [6, 6.07) is 11.1. The lowest BCUT2D eigenvalue weighted by Gasteiger charge is -2.12. The lowest BCUT2D eigenvalue weighted by Crippen LogP contribution is -2.30. The molecule has 0 aliphatic heterocycles. The summed E-state index contributed by atoms with van der Waals surface area (Å²) in [5.41, 5.74) is -4.76. The summed E-state index contributed by atoms with van der Waals surface area (Å²) in [4.78, 5) is 0. The Labute approximate surface area is 130 Å². The van der Waals surface area contributed by atoms with Crippen molar-refractivity contribution in [3.8, 4) is 0 Å². The molecule has 0 aliphatic carbocycles. The molecule has 0 unspecified atom stereocenters. The van der Waals surface area contributed by atoms with Crippen LogP contribution in [0.4, 0.5) is 23.2 Å². The van der Waals surface area contributed by atoms with Gasteiger partial charge in [0, 0.05) is 0 Å². The highest BCUT2D eigenvalue weighted by molar-refractivity contribution is 7.93. The number of benzene rings is 2. The van der Waals surface area contributed by atoms with E-state index < -0.39 is 21.3 Å². The van der Waals surface area contributed by atoms with E-state index >= 15 is 0 Å². The molecule has 3 nitrogen and oxygen atoms in total. The zero-order valence-electron chi connectivity index (χ0n) is 11.5. The van der Waals surface area contributed by atoms with E-state index in [1.165, 1.54) is 59.3 Å². The van der Waals surface area contributed by atoms with Crippen molar-refractivity contribution in [3.05, 3.63) is 65.5 Å². The number of alkyl halides is 3. The molecule has 0 atom stereocenters. The molecule has 122 valence electrons. The Morgan fingerprint density at radius 3 is 2.13 bits per heavy atom. The Hall–Kier alpha value is -2.35. The third kappa shape index (κ3) is 4.32. The molecule has 0 bridgehead atoms. The van der Waals surface area contributed by atoms with Crippen LogP contribution in [0.1, 0.15) is 11.1 Å². The molecule has 0 aliphatic rings. The molecule has 1 N–H and O–H groups in total. The first-order valence-corrected chi connectivity index (χ1v) is 7.79. The summed E-state index contributed by atoms with van der Waals surface area (Å²) in [6.07, 6.45) is 2.96. The quantitative estimate of drug-likeness (QED) is 0.665. The van der Waals surface area contributed by atoms with Crippen LogP contribution >= 0.6 is 0 Å². The topological polar surface area (TPSA) is 46.2 Å². The van der Waals surface area contributed by atoms with Gasteiger partial charge in [0.15, 0.2) is 0 Å². The van der Waals surface area contributed by atoms with E-state index in [2.05, 4.69) is 0 Å². The molecule has 2 aromatic carbocycles. The summed E-state index contributed by atoms with van der Waals surface area (Å²) in [6.45, 7) is 0. The first-order valence-electron chi connectivity index (χ1n) is 6.31. The molecule has 0 spiro atoms. The van der Waals surface area contributed by atoms with Crippen molar-refractivity contribution in [1.29, 1.82) is 0 Å². The number of anilines is 1. The van der Waals surface area contributed by atoms with E-state index in [1.807, 2.05) is 0 Å². The van der Waals surface area contributed by atoms with Crippen molar-refractivity contribution in [2.24, 2.45) is 0 Å². The van der Waals surface area contributed by atoms with Crippen LogP contribution in [-0.4, -0.2) is 13.9 Å². The highest BCUT2D eigenvalue weighted by Gasteiger charge is 2.46. The Morgan fingerprint density at radius 1 is 0.913 bits per heavy atom. The van der Waals surface area contributed by atoms with Gasteiger partial charge >= 0.3 is 15.5 Å². The lowest BCUT2D eigenvalue weighted by atomic mass is 10.1. The highest BCUT2D eigenvalue weighted by Crippen LogP contribution is 2.27. The van der Waals surface area contributed by atoms with Gasteiger partial charge in [0.1, 0.15) is 5.82 Å². The van der Waals surface area contributed by atoms with Crippen molar-refractivity contribution in [1.82, 2.24) is 0 Å². The maximum absolute atomic E-state index is 12.8. The monoisotopic (exact) mass is 345 g/mol. The number of nitrogens with one attached hydrogen (secondary N) is 1. The molecule has 23 heavy (non-hydrogen) atoms. The second-order valence-electron chi connectivity index (χ2n) is 4.52. The van der Waals surface area contributed by atoms with E-state index in [0.717, 1.165) is 0 Å². The molecule has 2 rings (SSSR count). The molecular formula is C15H11F4NO2S. The fraction of sp³-hybridized carbons (Fsp3) is 0.0667. The van der Waals surface area contributed by atoms with Crippen molar-refractivity contribution in [3.63, 3.8) is 0 Å². The van der Waals surface area contributed by atoms with Gasteiger partial charge < -0.3 is 0 Å². The minimum absolute atomic E-state index is 0.205. The van der Waals surface area contributed by atoms with Crippen molar-refractivity contribution >= 4 is 27.9 Å². The largest absolute Gasteiger partial charge is 0.516 e. The van der Waals surface area contributed by atoms with Crippen LogP contribution in [0.2, 0.25) is 0 Å². The Morgan fingerprint density at radius 2 is 1.52 bits per heavy atom. The molecule has 0 fully saturated rings. The molecule has 0 saturated heterocycles. The van der Waals surface area contributed by atoms with Gasteiger partial charge in [0.2, 0.25) is 0 Å². The standard InChI is InChI=1S/C15H11F4NO2S/c16-13-9-6-11(7-10-13)5-8-12-3-1-2-4-14(12)20-23(21,22)15(17,18)19/h1-10,20H/b8-5+. The average Bonchev–Trinajstić information content (AvgIpc) is 2.46. The Bertz CT molecular complexity index is 812. The van der Waals surface area contributed by atoms with Crippen molar-refractivity contribution in [2.45, 2.75) is 5.51 Å². The second kappa shape index (κ2) is 6.41. The molecule has 0 saturated carbocycles. The van der Waals surface area contributed by atoms with Crippen LogP contribution in [-0.2, 0) is 10.0 Å². The van der Waals surface area contributed by atoms with E-state index in [1.54, 1.807) is 6.07 Å². The van der Waals surface area contributed by atoms with Crippen LogP contribution < -0.4 is 4.72 Å². The summed E-state index contributed by atoms with van der Waals surface area (Å²) in [7, 11) is -5.50. The normalized spacial score (nSPS) is 12.5. The number of hydrogen-bond acceptors (Lipinski definition) is 2. The average molecular weight is 345 g/mol. The minimum Gasteiger partial charge on any atom is -0.275 e. The predicted octanol–water partition coefficient (Wildman–Crippen LogP) is 4.26. The van der Waals surface area contributed by atoms with Crippen LogP contribution in [0.3, 0.4) is 0 Å². The summed E-state index contributed by atoms with van der Waals surface area (Å²) < 4.78 is 74.0. The maximum atomic E-state index is 12.8. The summed E-state index contributed by atoms with van der Waals surface area (Å²) in [5, 5.41) is 0. The number of para-hydroxylation sites is 1. The van der Waals surface area contributed by atoms with Crippen LogP contribution in [0, 0.1) is 5.82 Å². The third-order valence-corrected chi connectivity index (χ3v) is 3.93. The van der Waals surface area contributed by atoms with Gasteiger partial charge in [-0.3, -0.25) is 4.72 Å². The zero-order chi connectivity index (χ0) is 17.1. The fourth-order valence-corrected chi connectivity index (χ4v) is 2.29. The van der Waals surface area contributed by atoms with Crippen molar-refractivity contribution in [2.75, 3.05) is 4.72 Å². The van der Waals surface area contributed by atoms with Crippen LogP contribution in [0.25, 0.3) is 12.2 Å². The number of sulfonamides is 1. The maximum Gasteiger partial charge on any atom is 0.516 e. The fourth-order valence-electron chi connectivity index (χ4n) is 1.70. The summed E-state index contributed by atoms with van der Waals surface area (Å²) >= 11 is 0. The molecular weight excluding hydrogens is 334 g/mol. The van der Waals surface area contributed by atoms with Gasteiger partial charge in [-0.05, 0) is 29.3 Å². The number of rotatable bonds is 4. The SMILES string of the molecule is O=S(=O)(Nc1ccccc1/C=C/c1ccc(F)cc1)C(F)(F)F. The molecule has 0 radical (unpaired) electrons. The molecule has 0 heterocycles. The number of halogens is 4. The van der Waals surface area contributed by atoms with Gasteiger partial charge in [0.25, 0.3) is 0 Å². The van der Waals surface area contributed by atoms with Gasteiger partial charge in [-0.1, -0.05) is 42.5 Å². The highest BCUT2D eigenvalue weighted by atomic mass is 32.2. The molecule has 8 heteroatoms. The zero-order valence-corrected chi connectivity index (χ0v) is 12.3. The molecule has 0 aromatic heterocycles. The van der Waals surface area contributed by atoms with E-state index in [0.29, 0.717) is 5.56 Å². The first kappa shape index (κ1) is 17.0. The summed E-state index contributed by atoms with van der Waals surface area (Å²) in [5.74, 6) is -0.416. The van der Waals surface area contributed by atoms with E-state index in [9.17, 15) is 26.0 Å². The Balaban J connectivity index is 2.29. The van der Waals surface area contributed by atoms with Crippen molar-refractivity contribution < 1.29 is 26.0 Å². The first-order chi connectivity index (χ1) is 10.7. The van der Waals surface area contributed by atoms with Gasteiger partial charge in [-0.15, -0.1) is 0 Å². The van der Waals surface area contributed by atoms with Crippen LogP contribution in [0.15, 0.2) is 48.5 Å². The number of hydrogen-bond donors (Lipinski definition) is 1. The van der Waals surface area contributed by atoms with Gasteiger partial charge in [-0.25, -0.2) is 4.39 Å². The minimum atomic E-state index is -5.50. The van der Waals surface area contributed by atoms with Crippen LogP contribution in [0.5, 0.6) is 0 Å². The molecule has 0 amide bonds.